The highest BCUT2D eigenvalue weighted by Crippen LogP contribution is 2.09. The van der Waals surface area contributed by atoms with Crippen LogP contribution in [-0.2, 0) is 16.0 Å². The normalized spacial score (nSPS) is 10.2. The van der Waals surface area contributed by atoms with Crippen LogP contribution < -0.4 is 0 Å². The van der Waals surface area contributed by atoms with E-state index in [9.17, 15) is 4.79 Å². The van der Waals surface area contributed by atoms with Gasteiger partial charge >= 0.3 is 5.97 Å². The van der Waals surface area contributed by atoms with E-state index in [0.717, 1.165) is 11.3 Å². The molecule has 0 fully saturated rings. The average molecular weight is 277 g/mol. The molecule has 0 aliphatic carbocycles. The minimum Gasteiger partial charge on any atom is -0.460 e. The lowest BCUT2D eigenvalue weighted by molar-refractivity contribution is -0.141. The van der Waals surface area contributed by atoms with Crippen molar-refractivity contribution in [3.05, 3.63) is 59.9 Å². The van der Waals surface area contributed by atoms with E-state index in [0.29, 0.717) is 5.03 Å². The molecule has 98 valence electrons. The topological polar surface area (TPSA) is 44.1 Å². The number of hydrogen-bond acceptors (Lipinski definition) is 3. The van der Waals surface area contributed by atoms with Crippen molar-refractivity contribution in [3.63, 3.8) is 0 Å². The summed E-state index contributed by atoms with van der Waals surface area (Å²) in [5.74, 6) is -0.352. The van der Waals surface area contributed by atoms with E-state index in [4.69, 9.17) is 16.3 Å². The molecule has 0 amide bonds. The van der Waals surface area contributed by atoms with Crippen LogP contribution in [-0.4, -0.2) is 22.4 Å². The van der Waals surface area contributed by atoms with Gasteiger partial charge in [-0.05, 0) is 12.1 Å². The smallest absolute Gasteiger partial charge is 0.310 e. The van der Waals surface area contributed by atoms with Crippen LogP contribution >= 0.6 is 11.6 Å². The minimum atomic E-state index is -0.352. The first-order valence-corrected chi connectivity index (χ1v) is 6.11. The molecule has 0 spiro atoms. The fraction of sp³-hybridized carbons (Fsp3) is 0.143. The molecule has 2 aromatic rings. The van der Waals surface area contributed by atoms with Gasteiger partial charge in [0.25, 0.3) is 0 Å². The molecule has 2 rings (SSSR count). The van der Waals surface area contributed by atoms with Gasteiger partial charge in [-0.15, -0.1) is 0 Å². The van der Waals surface area contributed by atoms with Crippen LogP contribution in [0.3, 0.4) is 0 Å². The number of aromatic nitrogens is 2. The molecule has 0 unspecified atom stereocenters. The lowest BCUT2D eigenvalue weighted by atomic mass is 10.2. The summed E-state index contributed by atoms with van der Waals surface area (Å²) in [4.78, 5) is 11.5. The number of nitrogens with zero attached hydrogens (tertiary/aromatic N) is 2. The van der Waals surface area contributed by atoms with Gasteiger partial charge in [-0.2, -0.15) is 5.10 Å². The summed E-state index contributed by atoms with van der Waals surface area (Å²) in [6.45, 7) is 3.48. The van der Waals surface area contributed by atoms with Crippen molar-refractivity contribution in [3.8, 4) is 5.69 Å². The summed E-state index contributed by atoms with van der Waals surface area (Å²) >= 11 is 5.52. The lowest BCUT2D eigenvalue weighted by Gasteiger charge is -2.01. The van der Waals surface area contributed by atoms with Crippen molar-refractivity contribution in [2.24, 2.45) is 0 Å². The molecule has 4 nitrogen and oxygen atoms in total. The SMILES string of the molecule is C=C(Cl)COC(=O)Cc1cnn(-c2ccccc2)c1. The molecule has 0 radical (unpaired) electrons. The molecule has 19 heavy (non-hydrogen) atoms. The summed E-state index contributed by atoms with van der Waals surface area (Å²) < 4.78 is 6.63. The highest BCUT2D eigenvalue weighted by atomic mass is 35.5. The fourth-order valence-corrected chi connectivity index (χ4v) is 1.60. The van der Waals surface area contributed by atoms with Crippen molar-refractivity contribution < 1.29 is 9.53 Å². The van der Waals surface area contributed by atoms with Gasteiger partial charge in [-0.3, -0.25) is 4.79 Å². The van der Waals surface area contributed by atoms with Gasteiger partial charge < -0.3 is 4.74 Å². The first kappa shape index (κ1) is 13.4. The number of ether oxygens (including phenoxy) is 1. The molecule has 0 saturated heterocycles. The quantitative estimate of drug-likeness (QED) is 0.789. The highest BCUT2D eigenvalue weighted by molar-refractivity contribution is 6.29. The zero-order valence-electron chi connectivity index (χ0n) is 10.3. The number of halogens is 1. The van der Waals surface area contributed by atoms with E-state index in [1.807, 2.05) is 30.3 Å². The monoisotopic (exact) mass is 276 g/mol. The molecule has 1 aromatic heterocycles. The Kier molecular flexibility index (Phi) is 4.36. The van der Waals surface area contributed by atoms with Gasteiger partial charge in [0.2, 0.25) is 0 Å². The van der Waals surface area contributed by atoms with E-state index < -0.39 is 0 Å². The second-order valence-corrected chi connectivity index (χ2v) is 4.52. The van der Waals surface area contributed by atoms with Crippen molar-refractivity contribution in [1.82, 2.24) is 9.78 Å². The third kappa shape index (κ3) is 3.96. The number of carbonyl (C=O) groups is 1. The van der Waals surface area contributed by atoms with E-state index in [1.54, 1.807) is 17.1 Å². The number of para-hydroxylation sites is 1. The van der Waals surface area contributed by atoms with Gasteiger partial charge in [0.1, 0.15) is 6.61 Å². The van der Waals surface area contributed by atoms with Crippen LogP contribution in [0, 0.1) is 0 Å². The first-order chi connectivity index (χ1) is 9.15. The molecule has 0 aliphatic heterocycles. The van der Waals surface area contributed by atoms with E-state index in [2.05, 4.69) is 11.7 Å². The Morgan fingerprint density at radius 3 is 2.79 bits per heavy atom. The first-order valence-electron chi connectivity index (χ1n) is 5.73. The zero-order valence-corrected chi connectivity index (χ0v) is 11.0. The van der Waals surface area contributed by atoms with Crippen molar-refractivity contribution >= 4 is 17.6 Å². The van der Waals surface area contributed by atoms with Gasteiger partial charge in [0.15, 0.2) is 0 Å². The summed E-state index contributed by atoms with van der Waals surface area (Å²) in [6.07, 6.45) is 3.60. The van der Waals surface area contributed by atoms with Gasteiger partial charge in [-0.25, -0.2) is 4.68 Å². The van der Waals surface area contributed by atoms with Crippen molar-refractivity contribution in [1.29, 1.82) is 0 Å². The molecular weight excluding hydrogens is 264 g/mol. The number of hydrogen-bond donors (Lipinski definition) is 0. The summed E-state index contributed by atoms with van der Waals surface area (Å²) in [5.41, 5.74) is 1.73. The molecule has 5 heteroatoms. The molecule has 0 N–H and O–H groups in total. The van der Waals surface area contributed by atoms with E-state index in [-0.39, 0.29) is 19.0 Å². The molecule has 0 bridgehead atoms. The van der Waals surface area contributed by atoms with Crippen LogP contribution in [0.4, 0.5) is 0 Å². The molecule has 0 saturated carbocycles. The third-order valence-corrected chi connectivity index (χ3v) is 2.50. The highest BCUT2D eigenvalue weighted by Gasteiger charge is 2.08. The average Bonchev–Trinajstić information content (AvgIpc) is 2.86. The number of carbonyl (C=O) groups excluding carboxylic acids is 1. The Morgan fingerprint density at radius 1 is 1.37 bits per heavy atom. The standard InChI is InChI=1S/C14H13ClN2O2/c1-11(15)10-19-14(18)7-12-8-16-17(9-12)13-5-3-2-4-6-13/h2-6,8-9H,1,7,10H2. The number of rotatable bonds is 5. The van der Waals surface area contributed by atoms with Gasteiger partial charge in [-0.1, -0.05) is 36.4 Å². The maximum absolute atomic E-state index is 11.5. The Labute approximate surface area is 116 Å². The van der Waals surface area contributed by atoms with Crippen LogP contribution in [0.25, 0.3) is 5.69 Å². The Hall–Kier alpha value is -2.07. The van der Waals surface area contributed by atoms with Crippen LogP contribution in [0.2, 0.25) is 0 Å². The number of benzene rings is 1. The maximum Gasteiger partial charge on any atom is 0.310 e. The minimum absolute atomic E-state index is 0.0349. The van der Waals surface area contributed by atoms with Gasteiger partial charge in [0, 0.05) is 16.8 Å². The van der Waals surface area contributed by atoms with E-state index >= 15 is 0 Å². The third-order valence-electron chi connectivity index (χ3n) is 2.40. The second kappa shape index (κ2) is 6.20. The summed E-state index contributed by atoms with van der Waals surface area (Å²) in [5, 5.41) is 4.50. The Morgan fingerprint density at radius 2 is 2.11 bits per heavy atom. The Bertz CT molecular complexity index is 578. The van der Waals surface area contributed by atoms with Crippen molar-refractivity contribution in [2.75, 3.05) is 6.61 Å². The molecule has 0 aliphatic rings. The largest absolute Gasteiger partial charge is 0.460 e. The second-order valence-electron chi connectivity index (χ2n) is 3.98. The molecule has 0 atom stereocenters. The summed E-state index contributed by atoms with van der Waals surface area (Å²) in [7, 11) is 0. The lowest BCUT2D eigenvalue weighted by Crippen LogP contribution is -2.08. The van der Waals surface area contributed by atoms with Crippen molar-refractivity contribution in [2.45, 2.75) is 6.42 Å². The number of esters is 1. The maximum atomic E-state index is 11.5. The summed E-state index contributed by atoms with van der Waals surface area (Å²) in [6, 6.07) is 9.66. The zero-order chi connectivity index (χ0) is 13.7. The predicted octanol–water partition coefficient (Wildman–Crippen LogP) is 2.71. The van der Waals surface area contributed by atoms with Crippen LogP contribution in [0.15, 0.2) is 54.3 Å². The molecular formula is C14H13ClN2O2. The molecule has 1 aromatic carbocycles. The van der Waals surface area contributed by atoms with Crippen LogP contribution in [0.5, 0.6) is 0 Å². The van der Waals surface area contributed by atoms with E-state index in [1.165, 1.54) is 0 Å². The Balaban J connectivity index is 1.98. The van der Waals surface area contributed by atoms with Crippen LogP contribution in [0.1, 0.15) is 5.56 Å². The fourth-order valence-electron chi connectivity index (χ4n) is 1.55. The van der Waals surface area contributed by atoms with Gasteiger partial charge in [0.05, 0.1) is 18.3 Å². The predicted molar refractivity (Wildman–Crippen MR) is 73.2 cm³/mol. The molecule has 1 heterocycles.